The SMILES string of the molecule is CCCNCc1nc(-c2ccc(Cl)c(Cl)c2)cs1. The van der Waals surface area contributed by atoms with Gasteiger partial charge in [-0.25, -0.2) is 4.98 Å². The van der Waals surface area contributed by atoms with Gasteiger partial charge in [-0.3, -0.25) is 0 Å². The van der Waals surface area contributed by atoms with Gasteiger partial charge in [0.05, 0.1) is 15.7 Å². The van der Waals surface area contributed by atoms with Crippen molar-refractivity contribution in [3.63, 3.8) is 0 Å². The first-order valence-electron chi connectivity index (χ1n) is 5.81. The van der Waals surface area contributed by atoms with E-state index in [0.717, 1.165) is 35.8 Å². The van der Waals surface area contributed by atoms with E-state index in [1.165, 1.54) is 0 Å². The fraction of sp³-hybridized carbons (Fsp3) is 0.308. The molecule has 96 valence electrons. The molecule has 0 radical (unpaired) electrons. The number of benzene rings is 1. The van der Waals surface area contributed by atoms with Gasteiger partial charge in [-0.15, -0.1) is 11.3 Å². The molecule has 1 heterocycles. The van der Waals surface area contributed by atoms with Crippen LogP contribution >= 0.6 is 34.5 Å². The van der Waals surface area contributed by atoms with Crippen LogP contribution in [0.25, 0.3) is 11.3 Å². The van der Waals surface area contributed by atoms with Crippen molar-refractivity contribution in [3.05, 3.63) is 38.6 Å². The Balaban J connectivity index is 2.11. The Bertz CT molecular complexity index is 525. The van der Waals surface area contributed by atoms with Gasteiger partial charge in [0.2, 0.25) is 0 Å². The van der Waals surface area contributed by atoms with Crippen molar-refractivity contribution in [2.45, 2.75) is 19.9 Å². The average Bonchev–Trinajstić information content (AvgIpc) is 2.82. The Morgan fingerprint density at radius 3 is 2.83 bits per heavy atom. The molecule has 0 aliphatic heterocycles. The summed E-state index contributed by atoms with van der Waals surface area (Å²) in [4.78, 5) is 4.58. The van der Waals surface area contributed by atoms with Gasteiger partial charge in [-0.1, -0.05) is 36.2 Å². The molecule has 0 saturated heterocycles. The van der Waals surface area contributed by atoms with Gasteiger partial charge in [-0.2, -0.15) is 0 Å². The minimum Gasteiger partial charge on any atom is -0.310 e. The maximum absolute atomic E-state index is 6.00. The molecule has 0 spiro atoms. The van der Waals surface area contributed by atoms with E-state index in [0.29, 0.717) is 10.0 Å². The summed E-state index contributed by atoms with van der Waals surface area (Å²) in [6.45, 7) is 3.98. The zero-order valence-electron chi connectivity index (χ0n) is 10.0. The number of rotatable bonds is 5. The lowest BCUT2D eigenvalue weighted by molar-refractivity contribution is 0.673. The minimum absolute atomic E-state index is 0.563. The molecular formula is C13H14Cl2N2S. The van der Waals surface area contributed by atoms with Crippen LogP contribution in [0.3, 0.4) is 0 Å². The van der Waals surface area contributed by atoms with Crippen LogP contribution in [0.5, 0.6) is 0 Å². The third-order valence-corrected chi connectivity index (χ3v) is 4.06. The highest BCUT2D eigenvalue weighted by molar-refractivity contribution is 7.09. The molecule has 2 rings (SSSR count). The van der Waals surface area contributed by atoms with Crippen LogP contribution in [0.4, 0.5) is 0 Å². The molecule has 1 aromatic heterocycles. The second-order valence-electron chi connectivity index (χ2n) is 3.93. The van der Waals surface area contributed by atoms with E-state index in [9.17, 15) is 0 Å². The average molecular weight is 301 g/mol. The molecule has 0 bridgehead atoms. The third-order valence-electron chi connectivity index (χ3n) is 2.47. The summed E-state index contributed by atoms with van der Waals surface area (Å²) in [6, 6.07) is 5.59. The molecule has 0 fully saturated rings. The molecule has 1 N–H and O–H groups in total. The van der Waals surface area contributed by atoms with E-state index < -0.39 is 0 Å². The molecule has 18 heavy (non-hydrogen) atoms. The van der Waals surface area contributed by atoms with Gasteiger partial charge >= 0.3 is 0 Å². The minimum atomic E-state index is 0.563. The summed E-state index contributed by atoms with van der Waals surface area (Å²) in [5.41, 5.74) is 1.95. The van der Waals surface area contributed by atoms with Crippen molar-refractivity contribution < 1.29 is 0 Å². The van der Waals surface area contributed by atoms with Crippen LogP contribution in [-0.2, 0) is 6.54 Å². The molecule has 2 aromatic rings. The molecule has 0 atom stereocenters. The molecule has 5 heteroatoms. The van der Waals surface area contributed by atoms with Crippen molar-refractivity contribution in [1.29, 1.82) is 0 Å². The highest BCUT2D eigenvalue weighted by atomic mass is 35.5. The number of halogens is 2. The van der Waals surface area contributed by atoms with Gasteiger partial charge in [0, 0.05) is 17.5 Å². The van der Waals surface area contributed by atoms with Gasteiger partial charge in [0.15, 0.2) is 0 Å². The zero-order valence-corrected chi connectivity index (χ0v) is 12.4. The monoisotopic (exact) mass is 300 g/mol. The highest BCUT2D eigenvalue weighted by Crippen LogP contribution is 2.29. The maximum Gasteiger partial charge on any atom is 0.107 e. The Labute approximate surface area is 121 Å². The number of aromatic nitrogens is 1. The molecule has 0 aliphatic carbocycles. The predicted molar refractivity (Wildman–Crippen MR) is 79.6 cm³/mol. The van der Waals surface area contributed by atoms with E-state index in [4.69, 9.17) is 23.2 Å². The summed E-state index contributed by atoms with van der Waals surface area (Å²) >= 11 is 13.6. The topological polar surface area (TPSA) is 24.9 Å². The lowest BCUT2D eigenvalue weighted by Gasteiger charge is -2.00. The Hall–Kier alpha value is -0.610. The van der Waals surface area contributed by atoms with E-state index in [1.807, 2.05) is 17.5 Å². The molecule has 2 nitrogen and oxygen atoms in total. The molecule has 0 amide bonds. The molecular weight excluding hydrogens is 287 g/mol. The summed E-state index contributed by atoms with van der Waals surface area (Å²) in [6.07, 6.45) is 1.13. The van der Waals surface area contributed by atoms with E-state index in [1.54, 1.807) is 17.4 Å². The fourth-order valence-corrected chi connectivity index (χ4v) is 2.62. The zero-order chi connectivity index (χ0) is 13.0. The summed E-state index contributed by atoms with van der Waals surface area (Å²) in [5.74, 6) is 0. The number of nitrogens with zero attached hydrogens (tertiary/aromatic N) is 1. The van der Waals surface area contributed by atoms with Crippen molar-refractivity contribution in [1.82, 2.24) is 10.3 Å². The first kappa shape index (κ1) is 13.8. The van der Waals surface area contributed by atoms with Crippen molar-refractivity contribution in [2.75, 3.05) is 6.54 Å². The maximum atomic E-state index is 6.00. The molecule has 0 unspecified atom stereocenters. The molecule has 0 aliphatic rings. The van der Waals surface area contributed by atoms with Gasteiger partial charge < -0.3 is 5.32 Å². The third kappa shape index (κ3) is 3.45. The quantitative estimate of drug-likeness (QED) is 0.815. The summed E-state index contributed by atoms with van der Waals surface area (Å²) in [7, 11) is 0. The van der Waals surface area contributed by atoms with Gasteiger partial charge in [0.1, 0.15) is 5.01 Å². The van der Waals surface area contributed by atoms with Crippen LogP contribution in [0, 0.1) is 0 Å². The predicted octanol–water partition coefficient (Wildman–Crippen LogP) is 4.62. The van der Waals surface area contributed by atoms with Crippen molar-refractivity contribution >= 4 is 34.5 Å². The lowest BCUT2D eigenvalue weighted by Crippen LogP contribution is -2.13. The smallest absolute Gasteiger partial charge is 0.107 e. The van der Waals surface area contributed by atoms with Crippen LogP contribution in [-0.4, -0.2) is 11.5 Å². The second-order valence-corrected chi connectivity index (χ2v) is 5.69. The fourth-order valence-electron chi connectivity index (χ4n) is 1.55. The van der Waals surface area contributed by atoms with Crippen LogP contribution < -0.4 is 5.32 Å². The first-order valence-corrected chi connectivity index (χ1v) is 7.45. The number of nitrogens with one attached hydrogen (secondary N) is 1. The Morgan fingerprint density at radius 1 is 1.28 bits per heavy atom. The lowest BCUT2D eigenvalue weighted by atomic mass is 10.2. The highest BCUT2D eigenvalue weighted by Gasteiger charge is 2.06. The first-order chi connectivity index (χ1) is 8.70. The molecule has 1 aromatic carbocycles. The number of hydrogen-bond acceptors (Lipinski definition) is 3. The van der Waals surface area contributed by atoms with Crippen LogP contribution in [0.15, 0.2) is 23.6 Å². The second kappa shape index (κ2) is 6.53. The van der Waals surface area contributed by atoms with E-state index in [-0.39, 0.29) is 0 Å². The normalized spacial score (nSPS) is 10.8. The van der Waals surface area contributed by atoms with Crippen LogP contribution in [0.2, 0.25) is 10.0 Å². The van der Waals surface area contributed by atoms with Crippen molar-refractivity contribution in [2.24, 2.45) is 0 Å². The van der Waals surface area contributed by atoms with Gasteiger partial charge in [-0.05, 0) is 25.1 Å². The largest absolute Gasteiger partial charge is 0.310 e. The van der Waals surface area contributed by atoms with Crippen molar-refractivity contribution in [3.8, 4) is 11.3 Å². The van der Waals surface area contributed by atoms with E-state index >= 15 is 0 Å². The van der Waals surface area contributed by atoms with Crippen LogP contribution in [0.1, 0.15) is 18.4 Å². The van der Waals surface area contributed by atoms with E-state index in [2.05, 4.69) is 17.2 Å². The number of hydrogen-bond donors (Lipinski definition) is 1. The Kier molecular flexibility index (Phi) is 5.01. The van der Waals surface area contributed by atoms with Gasteiger partial charge in [0.25, 0.3) is 0 Å². The number of thiazole rings is 1. The Morgan fingerprint density at radius 2 is 2.11 bits per heavy atom. The standard InChI is InChI=1S/C13H14Cl2N2S/c1-2-5-16-7-13-17-12(8-18-13)9-3-4-10(14)11(15)6-9/h3-4,6,8,16H,2,5,7H2,1H3. The summed E-state index contributed by atoms with van der Waals surface area (Å²) < 4.78 is 0. The molecule has 0 saturated carbocycles. The summed E-state index contributed by atoms with van der Waals surface area (Å²) in [5, 5.41) is 7.60.